The van der Waals surface area contributed by atoms with E-state index >= 15 is 0 Å². The maximum atomic E-state index is 13.4. The van der Waals surface area contributed by atoms with Crippen molar-refractivity contribution in [2.45, 2.75) is 17.3 Å². The molecule has 0 aromatic heterocycles. The molecular formula is C23H21FN2O2S. The highest BCUT2D eigenvalue weighted by Crippen LogP contribution is 2.49. The maximum absolute atomic E-state index is 13.4. The van der Waals surface area contributed by atoms with E-state index in [9.17, 15) is 14.5 Å². The second kappa shape index (κ2) is 7.97. The lowest BCUT2D eigenvalue weighted by atomic mass is 9.93. The first-order valence-electron chi connectivity index (χ1n) is 9.37. The second-order valence-electron chi connectivity index (χ2n) is 7.37. The quantitative estimate of drug-likeness (QED) is 0.429. The highest BCUT2D eigenvalue weighted by Gasteiger charge is 2.45. The molecule has 1 heterocycles. The molecule has 0 bridgehead atoms. The van der Waals surface area contributed by atoms with Gasteiger partial charge in [-0.2, -0.15) is 0 Å². The number of hydrogen-bond acceptors (Lipinski definition) is 4. The molecule has 4 nitrogen and oxygen atoms in total. The van der Waals surface area contributed by atoms with Crippen LogP contribution < -0.4 is 0 Å². The molecule has 0 amide bonds. The van der Waals surface area contributed by atoms with Gasteiger partial charge in [0.15, 0.2) is 0 Å². The number of nitro groups is 1. The number of halogens is 1. The third-order valence-electron chi connectivity index (χ3n) is 5.33. The van der Waals surface area contributed by atoms with Crippen molar-refractivity contribution in [3.63, 3.8) is 0 Å². The van der Waals surface area contributed by atoms with Gasteiger partial charge in [-0.25, -0.2) is 4.39 Å². The molecule has 0 fully saturated rings. The van der Waals surface area contributed by atoms with Crippen molar-refractivity contribution in [3.8, 4) is 0 Å². The van der Waals surface area contributed by atoms with Gasteiger partial charge in [-0.3, -0.25) is 15.0 Å². The van der Waals surface area contributed by atoms with Gasteiger partial charge in [0.2, 0.25) is 6.04 Å². The number of fused-ring (bicyclic) bond motifs is 1. The predicted octanol–water partition coefficient (Wildman–Crippen LogP) is 5.38. The Morgan fingerprint density at radius 1 is 1.00 bits per heavy atom. The Bertz CT molecular complexity index is 1080. The summed E-state index contributed by atoms with van der Waals surface area (Å²) in [4.78, 5) is 14.8. The van der Waals surface area contributed by atoms with Gasteiger partial charge in [-0.05, 0) is 54.2 Å². The van der Waals surface area contributed by atoms with Crippen LogP contribution in [0.1, 0.15) is 16.4 Å². The topological polar surface area (TPSA) is 46.4 Å². The number of likely N-dealkylation sites (N-methyl/N-ethyl adjacent to an activating group) is 1. The van der Waals surface area contributed by atoms with E-state index in [1.54, 1.807) is 12.1 Å². The van der Waals surface area contributed by atoms with E-state index in [2.05, 4.69) is 0 Å². The fourth-order valence-electron chi connectivity index (χ4n) is 3.89. The number of thioether (sulfide) groups is 1. The molecule has 148 valence electrons. The van der Waals surface area contributed by atoms with E-state index in [0.29, 0.717) is 0 Å². The zero-order valence-corrected chi connectivity index (χ0v) is 17.0. The Labute approximate surface area is 173 Å². The molecule has 3 aromatic rings. The molecule has 3 unspecified atom stereocenters. The Morgan fingerprint density at radius 2 is 1.69 bits per heavy atom. The highest BCUT2D eigenvalue weighted by atomic mass is 32.2. The molecule has 0 saturated carbocycles. The van der Waals surface area contributed by atoms with Crippen LogP contribution in [0, 0.1) is 15.9 Å². The van der Waals surface area contributed by atoms with E-state index < -0.39 is 6.04 Å². The number of rotatable bonds is 4. The van der Waals surface area contributed by atoms with Gasteiger partial charge in [-0.15, -0.1) is 11.8 Å². The highest BCUT2D eigenvalue weighted by molar-refractivity contribution is 8.08. The lowest BCUT2D eigenvalue weighted by molar-refractivity contribution is -0.528. The summed E-state index contributed by atoms with van der Waals surface area (Å²) in [6, 6.07) is 19.1. The monoisotopic (exact) mass is 408 g/mol. The van der Waals surface area contributed by atoms with Gasteiger partial charge in [-0.1, -0.05) is 54.6 Å². The van der Waals surface area contributed by atoms with E-state index in [0.717, 1.165) is 26.8 Å². The summed E-state index contributed by atoms with van der Waals surface area (Å²) in [7, 11) is 3.71. The van der Waals surface area contributed by atoms with Crippen molar-refractivity contribution in [2.75, 3.05) is 14.1 Å². The van der Waals surface area contributed by atoms with Crippen molar-refractivity contribution in [1.82, 2.24) is 4.90 Å². The number of benzene rings is 3. The molecule has 1 aliphatic heterocycles. The second-order valence-corrected chi connectivity index (χ2v) is 8.56. The number of hydrogen-bond donors (Lipinski definition) is 0. The largest absolute Gasteiger partial charge is 0.297 e. The maximum Gasteiger partial charge on any atom is 0.248 e. The SMILES string of the molecule is CN(C)C1C=C(c2ccc(F)cc2)SC(c2cccc3ccccc23)C1[N+](=O)[O-]. The molecule has 3 aromatic carbocycles. The van der Waals surface area contributed by atoms with Gasteiger partial charge >= 0.3 is 0 Å². The number of nitrogens with zero attached hydrogens (tertiary/aromatic N) is 2. The van der Waals surface area contributed by atoms with Crippen molar-refractivity contribution in [2.24, 2.45) is 0 Å². The summed E-state index contributed by atoms with van der Waals surface area (Å²) >= 11 is 1.49. The molecule has 6 heteroatoms. The molecular weight excluding hydrogens is 387 g/mol. The Kier molecular flexibility index (Phi) is 5.39. The summed E-state index contributed by atoms with van der Waals surface area (Å²) in [5.41, 5.74) is 1.82. The zero-order chi connectivity index (χ0) is 20.5. The third-order valence-corrected chi connectivity index (χ3v) is 6.75. The van der Waals surface area contributed by atoms with Crippen molar-refractivity contribution >= 4 is 27.4 Å². The van der Waals surface area contributed by atoms with E-state index in [1.165, 1.54) is 23.9 Å². The normalized spacial score (nSPS) is 21.9. The van der Waals surface area contributed by atoms with Crippen molar-refractivity contribution in [1.29, 1.82) is 0 Å². The summed E-state index contributed by atoms with van der Waals surface area (Å²) in [5, 5.41) is 13.9. The average Bonchev–Trinajstić information content (AvgIpc) is 2.72. The molecule has 0 spiro atoms. The zero-order valence-electron chi connectivity index (χ0n) is 16.2. The minimum absolute atomic E-state index is 0.165. The minimum Gasteiger partial charge on any atom is -0.297 e. The molecule has 0 aliphatic carbocycles. The Balaban J connectivity index is 1.88. The smallest absolute Gasteiger partial charge is 0.248 e. The molecule has 29 heavy (non-hydrogen) atoms. The first-order chi connectivity index (χ1) is 14.0. The lowest BCUT2D eigenvalue weighted by Crippen LogP contribution is -2.46. The average molecular weight is 408 g/mol. The van der Waals surface area contributed by atoms with Crippen molar-refractivity contribution < 1.29 is 9.31 Å². The van der Waals surface area contributed by atoms with Crippen LogP contribution in [0.15, 0.2) is 72.8 Å². The third kappa shape index (κ3) is 3.78. The Morgan fingerprint density at radius 3 is 2.38 bits per heavy atom. The van der Waals surface area contributed by atoms with Crippen LogP contribution in [-0.2, 0) is 0 Å². The predicted molar refractivity (Wildman–Crippen MR) is 117 cm³/mol. The van der Waals surface area contributed by atoms with Crippen LogP contribution in [0.5, 0.6) is 0 Å². The van der Waals surface area contributed by atoms with Crippen LogP contribution in [0.25, 0.3) is 15.7 Å². The fraction of sp³-hybridized carbons (Fsp3) is 0.217. The summed E-state index contributed by atoms with van der Waals surface area (Å²) in [5.74, 6) is -0.298. The molecule has 1 aliphatic rings. The van der Waals surface area contributed by atoms with Crippen LogP contribution in [0.3, 0.4) is 0 Å². The van der Waals surface area contributed by atoms with Crippen LogP contribution in [0.4, 0.5) is 4.39 Å². The van der Waals surface area contributed by atoms with Gasteiger partial charge in [0, 0.05) is 9.83 Å². The van der Waals surface area contributed by atoms with Crippen molar-refractivity contribution in [3.05, 3.63) is 99.9 Å². The molecule has 0 radical (unpaired) electrons. The van der Waals surface area contributed by atoms with E-state index in [1.807, 2.05) is 67.5 Å². The minimum atomic E-state index is -0.801. The summed E-state index contributed by atoms with van der Waals surface area (Å²) < 4.78 is 13.4. The molecule has 3 atom stereocenters. The Hall–Kier alpha value is -2.70. The summed E-state index contributed by atoms with van der Waals surface area (Å²) in [6.45, 7) is 0. The first-order valence-corrected chi connectivity index (χ1v) is 10.3. The first kappa shape index (κ1) is 19.6. The lowest BCUT2D eigenvalue weighted by Gasteiger charge is -2.35. The van der Waals surface area contributed by atoms with E-state index in [4.69, 9.17) is 0 Å². The fourth-order valence-corrected chi connectivity index (χ4v) is 5.39. The summed E-state index contributed by atoms with van der Waals surface area (Å²) in [6.07, 6.45) is 1.94. The standard InChI is InChI=1S/C23H21FN2O2S/c1-25(2)20-14-21(16-10-12-17(24)13-11-16)29-23(22(20)26(27)28)19-9-5-7-15-6-3-4-8-18(15)19/h3-14,20,22-23H,1-2H3. The van der Waals surface area contributed by atoms with Gasteiger partial charge < -0.3 is 0 Å². The van der Waals surface area contributed by atoms with Gasteiger partial charge in [0.1, 0.15) is 11.1 Å². The van der Waals surface area contributed by atoms with Crippen LogP contribution in [-0.4, -0.2) is 36.0 Å². The van der Waals surface area contributed by atoms with Gasteiger partial charge in [0.25, 0.3) is 0 Å². The molecule has 4 rings (SSSR count). The van der Waals surface area contributed by atoms with Crippen LogP contribution >= 0.6 is 11.8 Å². The van der Waals surface area contributed by atoms with Crippen LogP contribution in [0.2, 0.25) is 0 Å². The van der Waals surface area contributed by atoms with Gasteiger partial charge in [0.05, 0.1) is 6.04 Å². The molecule has 0 N–H and O–H groups in total. The van der Waals surface area contributed by atoms with E-state index in [-0.39, 0.29) is 22.0 Å². The molecule has 0 saturated heterocycles.